The number of carbonyl (C=O) groups excluding carboxylic acids is 1. The highest BCUT2D eigenvalue weighted by Crippen LogP contribution is 2.48. The molecule has 176 valence electrons. The molecule has 2 N–H and O–H groups in total. The van der Waals surface area contributed by atoms with Crippen molar-refractivity contribution >= 4 is 29.0 Å². The number of halogens is 2. The van der Waals surface area contributed by atoms with Crippen LogP contribution in [0.4, 0.5) is 0 Å². The fourth-order valence-corrected chi connectivity index (χ4v) is 4.71. The largest absolute Gasteiger partial charge is 0.493 e. The van der Waals surface area contributed by atoms with Gasteiger partial charge in [-0.1, -0.05) is 49.2 Å². The number of allylic oxidation sites excluding steroid dienone is 3. The van der Waals surface area contributed by atoms with Crippen LogP contribution in [0.25, 0.3) is 0 Å². The molecular formula is C26H24Cl2N2O4. The smallest absolute Gasteiger partial charge is 0.205 e. The SMILES string of the molecule is COc1cc([C@H]2C(C#N)=C(N)OC3=C2C(=O)CC(C)(C)C3)ccc1OCc1ccc(Cl)c(Cl)c1. The van der Waals surface area contributed by atoms with E-state index in [-0.39, 0.29) is 29.3 Å². The third-order valence-electron chi connectivity index (χ3n) is 5.97. The number of Topliss-reactive ketones (excluding diaryl/α,β-unsaturated/α-hetero) is 1. The maximum atomic E-state index is 13.1. The number of ketones is 1. The quantitative estimate of drug-likeness (QED) is 0.540. The van der Waals surface area contributed by atoms with Gasteiger partial charge in [0.25, 0.3) is 0 Å². The minimum absolute atomic E-state index is 0.0238. The van der Waals surface area contributed by atoms with Crippen LogP contribution in [0, 0.1) is 16.7 Å². The number of nitriles is 1. The zero-order valence-corrected chi connectivity index (χ0v) is 20.6. The molecule has 0 saturated carbocycles. The topological polar surface area (TPSA) is 94.6 Å². The molecule has 0 bridgehead atoms. The molecule has 2 aliphatic rings. The van der Waals surface area contributed by atoms with Crippen LogP contribution in [0.3, 0.4) is 0 Å². The Labute approximate surface area is 208 Å². The average molecular weight is 499 g/mol. The predicted octanol–water partition coefficient (Wildman–Crippen LogP) is 6.03. The molecular weight excluding hydrogens is 475 g/mol. The summed E-state index contributed by atoms with van der Waals surface area (Å²) in [5.74, 6) is 0.846. The summed E-state index contributed by atoms with van der Waals surface area (Å²) in [7, 11) is 1.53. The fraction of sp³-hybridized carbons (Fsp3) is 0.308. The number of rotatable bonds is 5. The van der Waals surface area contributed by atoms with E-state index >= 15 is 0 Å². The van der Waals surface area contributed by atoms with Gasteiger partial charge in [-0.2, -0.15) is 5.26 Å². The Hall–Kier alpha value is -3.14. The molecule has 1 atom stereocenters. The van der Waals surface area contributed by atoms with Gasteiger partial charge in [0.2, 0.25) is 5.88 Å². The van der Waals surface area contributed by atoms with E-state index in [0.717, 1.165) is 5.56 Å². The minimum atomic E-state index is -0.629. The number of nitrogens with zero attached hydrogens (tertiary/aromatic N) is 1. The second kappa shape index (κ2) is 9.25. The first-order chi connectivity index (χ1) is 16.1. The van der Waals surface area contributed by atoms with Crippen LogP contribution in [-0.4, -0.2) is 12.9 Å². The maximum absolute atomic E-state index is 13.1. The number of hydrogen-bond acceptors (Lipinski definition) is 6. The van der Waals surface area contributed by atoms with E-state index in [0.29, 0.717) is 51.3 Å². The van der Waals surface area contributed by atoms with E-state index in [1.807, 2.05) is 26.0 Å². The molecule has 0 spiro atoms. The van der Waals surface area contributed by atoms with Crippen molar-refractivity contribution in [1.29, 1.82) is 5.26 Å². The van der Waals surface area contributed by atoms with Gasteiger partial charge in [-0.15, -0.1) is 0 Å². The van der Waals surface area contributed by atoms with Crippen LogP contribution in [0.1, 0.15) is 43.7 Å². The highest BCUT2D eigenvalue weighted by atomic mass is 35.5. The van der Waals surface area contributed by atoms with E-state index in [4.69, 9.17) is 43.1 Å². The summed E-state index contributed by atoms with van der Waals surface area (Å²) in [5, 5.41) is 10.7. The third-order valence-corrected chi connectivity index (χ3v) is 6.71. The highest BCUT2D eigenvalue weighted by Gasteiger charge is 2.43. The number of hydrogen-bond donors (Lipinski definition) is 1. The van der Waals surface area contributed by atoms with Gasteiger partial charge >= 0.3 is 0 Å². The van der Waals surface area contributed by atoms with Gasteiger partial charge in [-0.3, -0.25) is 4.79 Å². The molecule has 4 rings (SSSR count). The van der Waals surface area contributed by atoms with Gasteiger partial charge < -0.3 is 19.9 Å². The average Bonchev–Trinajstić information content (AvgIpc) is 2.78. The van der Waals surface area contributed by atoms with Gasteiger partial charge in [-0.25, -0.2) is 0 Å². The highest BCUT2D eigenvalue weighted by molar-refractivity contribution is 6.42. The van der Waals surface area contributed by atoms with Gasteiger partial charge in [0.05, 0.1) is 23.1 Å². The molecule has 1 aliphatic carbocycles. The van der Waals surface area contributed by atoms with E-state index in [2.05, 4.69) is 6.07 Å². The lowest BCUT2D eigenvalue weighted by Gasteiger charge is -2.37. The second-order valence-corrected chi connectivity index (χ2v) is 9.96. The molecule has 0 amide bonds. The summed E-state index contributed by atoms with van der Waals surface area (Å²) < 4.78 is 17.3. The van der Waals surface area contributed by atoms with Crippen molar-refractivity contribution in [1.82, 2.24) is 0 Å². The third kappa shape index (κ3) is 4.59. The first kappa shape index (κ1) is 24.0. The van der Waals surface area contributed by atoms with E-state index < -0.39 is 5.92 Å². The Kier molecular flexibility index (Phi) is 6.53. The molecule has 0 aromatic heterocycles. The van der Waals surface area contributed by atoms with Crippen LogP contribution in [0.5, 0.6) is 11.5 Å². The monoisotopic (exact) mass is 498 g/mol. The first-order valence-electron chi connectivity index (χ1n) is 10.7. The minimum Gasteiger partial charge on any atom is -0.493 e. The number of ether oxygens (including phenoxy) is 3. The normalized spacial score (nSPS) is 19.3. The molecule has 0 fully saturated rings. The van der Waals surface area contributed by atoms with Crippen LogP contribution in [0.15, 0.2) is 59.2 Å². The predicted molar refractivity (Wildman–Crippen MR) is 129 cm³/mol. The van der Waals surface area contributed by atoms with Crippen molar-refractivity contribution in [3.8, 4) is 17.6 Å². The first-order valence-corrected chi connectivity index (χ1v) is 11.5. The molecule has 0 saturated heterocycles. The Balaban J connectivity index is 1.69. The van der Waals surface area contributed by atoms with Gasteiger partial charge in [0, 0.05) is 18.4 Å². The molecule has 1 aliphatic heterocycles. The van der Waals surface area contributed by atoms with Crippen molar-refractivity contribution in [2.24, 2.45) is 11.1 Å². The fourth-order valence-electron chi connectivity index (χ4n) is 4.39. The lowest BCUT2D eigenvalue weighted by atomic mass is 9.70. The van der Waals surface area contributed by atoms with Gasteiger partial charge in [0.1, 0.15) is 24.0 Å². The standard InChI is InChI=1S/C26H24Cl2N2O4/c1-26(2)10-19(31)24-22(11-26)34-25(30)16(12-29)23(24)15-5-7-20(21(9-15)32-3)33-13-14-4-6-17(27)18(28)8-14/h4-9,23H,10-11,13,30H2,1-3H3/t23-/m0/s1. The number of benzene rings is 2. The van der Waals surface area contributed by atoms with E-state index in [1.165, 1.54) is 7.11 Å². The molecule has 1 heterocycles. The molecule has 2 aromatic carbocycles. The summed E-state index contributed by atoms with van der Waals surface area (Å²) in [5.41, 5.74) is 8.09. The molecule has 34 heavy (non-hydrogen) atoms. The maximum Gasteiger partial charge on any atom is 0.205 e. The summed E-state index contributed by atoms with van der Waals surface area (Å²) in [6.07, 6.45) is 0.929. The molecule has 8 heteroatoms. The zero-order chi connectivity index (χ0) is 24.6. The summed E-state index contributed by atoms with van der Waals surface area (Å²) in [6.45, 7) is 4.27. The zero-order valence-electron chi connectivity index (χ0n) is 19.1. The molecule has 0 unspecified atom stereocenters. The molecule has 6 nitrogen and oxygen atoms in total. The van der Waals surface area contributed by atoms with Crippen LogP contribution < -0.4 is 15.2 Å². The van der Waals surface area contributed by atoms with E-state index in [1.54, 1.807) is 24.3 Å². The molecule has 0 radical (unpaired) electrons. The second-order valence-electron chi connectivity index (χ2n) is 9.15. The van der Waals surface area contributed by atoms with Gasteiger partial charge in [-0.05, 0) is 40.8 Å². The lowest BCUT2D eigenvalue weighted by molar-refractivity contribution is -0.119. The van der Waals surface area contributed by atoms with Crippen LogP contribution in [-0.2, 0) is 16.1 Å². The number of methoxy groups -OCH3 is 1. The van der Waals surface area contributed by atoms with E-state index in [9.17, 15) is 10.1 Å². The van der Waals surface area contributed by atoms with Crippen molar-refractivity contribution in [2.45, 2.75) is 39.2 Å². The Morgan fingerprint density at radius 2 is 1.91 bits per heavy atom. The number of carbonyl (C=O) groups is 1. The Morgan fingerprint density at radius 1 is 1.15 bits per heavy atom. The van der Waals surface area contributed by atoms with Crippen molar-refractivity contribution in [2.75, 3.05) is 7.11 Å². The summed E-state index contributed by atoms with van der Waals surface area (Å²) >= 11 is 12.1. The molecule has 2 aromatic rings. The van der Waals surface area contributed by atoms with Crippen LogP contribution in [0.2, 0.25) is 10.0 Å². The summed E-state index contributed by atoms with van der Waals surface area (Å²) in [6, 6.07) is 12.7. The van der Waals surface area contributed by atoms with Crippen LogP contribution >= 0.6 is 23.2 Å². The number of nitrogens with two attached hydrogens (primary N) is 1. The Bertz CT molecular complexity index is 1270. The van der Waals surface area contributed by atoms with Crippen molar-refractivity contribution in [3.63, 3.8) is 0 Å². The van der Waals surface area contributed by atoms with Crippen molar-refractivity contribution in [3.05, 3.63) is 80.4 Å². The summed E-state index contributed by atoms with van der Waals surface area (Å²) in [4.78, 5) is 13.1. The Morgan fingerprint density at radius 3 is 2.59 bits per heavy atom. The lowest BCUT2D eigenvalue weighted by Crippen LogP contribution is -2.33. The van der Waals surface area contributed by atoms with Gasteiger partial charge in [0.15, 0.2) is 17.3 Å². The van der Waals surface area contributed by atoms with Crippen molar-refractivity contribution < 1.29 is 19.0 Å².